The minimum atomic E-state index is -0.888. The summed E-state index contributed by atoms with van der Waals surface area (Å²) in [4.78, 5) is 49.2. The third kappa shape index (κ3) is 5.14. The SMILES string of the molecule is CC(C)[C@H](NC(=O)c1ccc(Cl)c([N+](=O)[O-])c1)C(=O)Nc1ccc(N2CCNC2=O)cc1. The van der Waals surface area contributed by atoms with Crippen LogP contribution in [-0.4, -0.2) is 41.9 Å². The fraction of sp³-hybridized carbons (Fsp3) is 0.286. The Morgan fingerprint density at radius 2 is 1.88 bits per heavy atom. The molecule has 1 aliphatic heterocycles. The predicted molar refractivity (Wildman–Crippen MR) is 120 cm³/mol. The van der Waals surface area contributed by atoms with E-state index in [1.807, 2.05) is 0 Å². The van der Waals surface area contributed by atoms with Gasteiger partial charge in [0.15, 0.2) is 0 Å². The molecule has 0 bridgehead atoms. The van der Waals surface area contributed by atoms with Gasteiger partial charge in [0, 0.05) is 36.1 Å². The minimum Gasteiger partial charge on any atom is -0.340 e. The Labute approximate surface area is 189 Å². The third-order valence-electron chi connectivity index (χ3n) is 4.94. The first-order valence-corrected chi connectivity index (χ1v) is 10.3. The number of nitro benzene ring substituents is 1. The molecule has 0 unspecified atom stereocenters. The zero-order valence-electron chi connectivity index (χ0n) is 17.4. The van der Waals surface area contributed by atoms with Gasteiger partial charge in [-0.2, -0.15) is 0 Å². The van der Waals surface area contributed by atoms with Crippen LogP contribution in [0.3, 0.4) is 0 Å². The van der Waals surface area contributed by atoms with E-state index in [-0.39, 0.29) is 22.5 Å². The van der Waals surface area contributed by atoms with Crippen LogP contribution in [0.4, 0.5) is 21.9 Å². The smallest absolute Gasteiger partial charge is 0.321 e. The summed E-state index contributed by atoms with van der Waals surface area (Å²) < 4.78 is 0. The van der Waals surface area contributed by atoms with Gasteiger partial charge in [0.05, 0.1) is 4.92 Å². The topological polar surface area (TPSA) is 134 Å². The number of urea groups is 1. The molecule has 32 heavy (non-hydrogen) atoms. The van der Waals surface area contributed by atoms with Gasteiger partial charge in [-0.3, -0.25) is 24.6 Å². The number of carbonyl (C=O) groups excluding carboxylic acids is 3. The van der Waals surface area contributed by atoms with Crippen LogP contribution in [0.1, 0.15) is 24.2 Å². The Morgan fingerprint density at radius 1 is 1.19 bits per heavy atom. The minimum absolute atomic E-state index is 0.0211. The van der Waals surface area contributed by atoms with Crippen LogP contribution in [-0.2, 0) is 4.79 Å². The predicted octanol–water partition coefficient (Wildman–Crippen LogP) is 3.17. The number of carbonyl (C=O) groups is 3. The molecule has 2 aromatic rings. The highest BCUT2D eigenvalue weighted by Crippen LogP contribution is 2.25. The molecule has 1 heterocycles. The highest BCUT2D eigenvalue weighted by Gasteiger charge is 2.26. The molecule has 1 atom stereocenters. The van der Waals surface area contributed by atoms with Crippen LogP contribution in [0.25, 0.3) is 0 Å². The second kappa shape index (κ2) is 9.65. The Hall–Kier alpha value is -3.66. The molecular weight excluding hydrogens is 438 g/mol. The van der Waals surface area contributed by atoms with Gasteiger partial charge in [0.25, 0.3) is 11.6 Å². The van der Waals surface area contributed by atoms with Crippen molar-refractivity contribution >= 4 is 46.5 Å². The Balaban J connectivity index is 1.69. The molecule has 3 rings (SSSR count). The molecule has 0 radical (unpaired) electrons. The Bertz CT molecular complexity index is 1060. The maximum absolute atomic E-state index is 12.8. The number of nitrogens with zero attached hydrogens (tertiary/aromatic N) is 2. The van der Waals surface area contributed by atoms with E-state index >= 15 is 0 Å². The third-order valence-corrected chi connectivity index (χ3v) is 5.26. The number of nitro groups is 1. The summed E-state index contributed by atoms with van der Waals surface area (Å²) in [5.41, 5.74) is 0.834. The van der Waals surface area contributed by atoms with Crippen molar-refractivity contribution in [2.45, 2.75) is 19.9 Å². The number of rotatable bonds is 7. The van der Waals surface area contributed by atoms with Gasteiger partial charge in [-0.05, 0) is 42.3 Å². The van der Waals surface area contributed by atoms with E-state index in [4.69, 9.17) is 11.6 Å². The zero-order valence-corrected chi connectivity index (χ0v) is 18.2. The van der Waals surface area contributed by atoms with Crippen molar-refractivity contribution in [1.82, 2.24) is 10.6 Å². The van der Waals surface area contributed by atoms with E-state index in [1.54, 1.807) is 43.0 Å². The lowest BCUT2D eigenvalue weighted by Gasteiger charge is -2.22. The van der Waals surface area contributed by atoms with Crippen LogP contribution < -0.4 is 20.9 Å². The zero-order chi connectivity index (χ0) is 23.4. The number of nitrogens with one attached hydrogen (secondary N) is 3. The van der Waals surface area contributed by atoms with Gasteiger partial charge in [0.1, 0.15) is 11.1 Å². The van der Waals surface area contributed by atoms with Gasteiger partial charge in [-0.25, -0.2) is 4.79 Å². The first-order valence-electron chi connectivity index (χ1n) is 9.88. The molecular formula is C21H22ClN5O5. The highest BCUT2D eigenvalue weighted by molar-refractivity contribution is 6.32. The van der Waals surface area contributed by atoms with Crippen molar-refractivity contribution in [1.29, 1.82) is 0 Å². The quantitative estimate of drug-likeness (QED) is 0.432. The van der Waals surface area contributed by atoms with E-state index in [1.165, 1.54) is 12.1 Å². The lowest BCUT2D eigenvalue weighted by atomic mass is 10.0. The lowest BCUT2D eigenvalue weighted by molar-refractivity contribution is -0.384. The number of hydrogen-bond acceptors (Lipinski definition) is 5. The summed E-state index contributed by atoms with van der Waals surface area (Å²) in [7, 11) is 0. The summed E-state index contributed by atoms with van der Waals surface area (Å²) in [6.45, 7) is 4.67. The van der Waals surface area contributed by atoms with E-state index in [0.717, 1.165) is 6.07 Å². The van der Waals surface area contributed by atoms with E-state index in [2.05, 4.69) is 16.0 Å². The largest absolute Gasteiger partial charge is 0.340 e. The molecule has 1 aliphatic rings. The maximum Gasteiger partial charge on any atom is 0.321 e. The number of amides is 4. The van der Waals surface area contributed by atoms with Crippen LogP contribution in [0.5, 0.6) is 0 Å². The summed E-state index contributed by atoms with van der Waals surface area (Å²) >= 11 is 5.79. The van der Waals surface area contributed by atoms with Crippen LogP contribution in [0.2, 0.25) is 5.02 Å². The van der Waals surface area contributed by atoms with Crippen LogP contribution in [0.15, 0.2) is 42.5 Å². The molecule has 11 heteroatoms. The normalized spacial score (nSPS) is 14.1. The van der Waals surface area contributed by atoms with Crippen molar-refractivity contribution in [3.63, 3.8) is 0 Å². The lowest BCUT2D eigenvalue weighted by Crippen LogP contribution is -2.47. The fourth-order valence-electron chi connectivity index (χ4n) is 3.22. The van der Waals surface area contributed by atoms with Crippen molar-refractivity contribution < 1.29 is 19.3 Å². The van der Waals surface area contributed by atoms with Crippen LogP contribution >= 0.6 is 11.6 Å². The van der Waals surface area contributed by atoms with E-state index in [0.29, 0.717) is 24.5 Å². The van der Waals surface area contributed by atoms with Crippen molar-refractivity contribution in [3.8, 4) is 0 Å². The molecule has 0 aliphatic carbocycles. The first-order chi connectivity index (χ1) is 15.2. The average Bonchev–Trinajstić information content (AvgIpc) is 3.18. The summed E-state index contributed by atoms with van der Waals surface area (Å²) in [6, 6.07) is 9.40. The van der Waals surface area contributed by atoms with Gasteiger partial charge < -0.3 is 16.0 Å². The van der Waals surface area contributed by atoms with Crippen molar-refractivity contribution in [2.75, 3.05) is 23.3 Å². The highest BCUT2D eigenvalue weighted by atomic mass is 35.5. The monoisotopic (exact) mass is 459 g/mol. The van der Waals surface area contributed by atoms with Gasteiger partial charge in [0.2, 0.25) is 5.91 Å². The van der Waals surface area contributed by atoms with E-state index < -0.39 is 28.5 Å². The molecule has 168 valence electrons. The van der Waals surface area contributed by atoms with Gasteiger partial charge in [-0.15, -0.1) is 0 Å². The average molecular weight is 460 g/mol. The standard InChI is InChI=1S/C21H22ClN5O5/c1-12(2)18(25-19(28)13-3-8-16(22)17(11-13)27(31)32)20(29)24-14-4-6-15(7-5-14)26-10-9-23-21(26)30/h3-8,11-12,18H,9-10H2,1-2H3,(H,23,30)(H,24,29)(H,25,28)/t18-/m0/s1. The van der Waals surface area contributed by atoms with Gasteiger partial charge >= 0.3 is 6.03 Å². The van der Waals surface area contributed by atoms with Gasteiger partial charge in [-0.1, -0.05) is 25.4 Å². The molecule has 10 nitrogen and oxygen atoms in total. The molecule has 4 amide bonds. The molecule has 0 spiro atoms. The summed E-state index contributed by atoms with van der Waals surface area (Å²) in [5, 5.41) is 19.1. The van der Waals surface area contributed by atoms with Crippen LogP contribution in [0, 0.1) is 16.0 Å². The summed E-state index contributed by atoms with van der Waals surface area (Å²) in [6.07, 6.45) is 0. The molecule has 1 saturated heterocycles. The molecule has 0 saturated carbocycles. The Morgan fingerprint density at radius 3 is 2.44 bits per heavy atom. The van der Waals surface area contributed by atoms with Crippen molar-refractivity contribution in [3.05, 3.63) is 63.2 Å². The molecule has 1 fully saturated rings. The van der Waals surface area contributed by atoms with E-state index in [9.17, 15) is 24.5 Å². The number of hydrogen-bond donors (Lipinski definition) is 3. The second-order valence-electron chi connectivity index (χ2n) is 7.54. The molecule has 0 aromatic heterocycles. The number of halogens is 1. The number of anilines is 2. The summed E-state index contributed by atoms with van der Waals surface area (Å²) in [5.74, 6) is -1.33. The second-order valence-corrected chi connectivity index (χ2v) is 7.95. The maximum atomic E-state index is 12.8. The van der Waals surface area contributed by atoms with Crippen molar-refractivity contribution in [2.24, 2.45) is 5.92 Å². The molecule has 3 N–H and O–H groups in total. The Kier molecular flexibility index (Phi) is 6.94. The fourth-order valence-corrected chi connectivity index (χ4v) is 3.40. The number of benzene rings is 2. The first kappa shape index (κ1) is 23.0. The molecule has 2 aromatic carbocycles.